The van der Waals surface area contributed by atoms with Gasteiger partial charge >= 0.3 is 5.97 Å². The van der Waals surface area contributed by atoms with Crippen LogP contribution in [-0.2, 0) is 4.79 Å². The number of aliphatic carboxylic acids is 1. The molecule has 0 aromatic rings. The Hall–Kier alpha value is -0.610. The van der Waals surface area contributed by atoms with Crippen LogP contribution in [0.4, 0.5) is 0 Å². The molecule has 0 aliphatic carbocycles. The molecule has 114 valence electrons. The second-order valence-corrected chi connectivity index (χ2v) is 5.41. The maximum atomic E-state index is 11.7. The monoisotopic (exact) mass is 274 g/mol. The van der Waals surface area contributed by atoms with Gasteiger partial charge in [0.15, 0.2) is 0 Å². The summed E-state index contributed by atoms with van der Waals surface area (Å²) in [5.41, 5.74) is -1.40. The minimum atomic E-state index is -1.40. The Bertz CT molecular complexity index is 239. The number of hydrogen-bond donors (Lipinski definition) is 3. The second-order valence-electron chi connectivity index (χ2n) is 5.41. The molecule has 0 amide bonds. The summed E-state index contributed by atoms with van der Waals surface area (Å²) in [5.74, 6) is -1.07. The first-order valence-corrected chi connectivity index (χ1v) is 7.56. The van der Waals surface area contributed by atoms with Gasteiger partial charge < -0.3 is 15.3 Å². The highest BCUT2D eigenvalue weighted by Gasteiger charge is 2.49. The number of aliphatic hydroxyl groups is 2. The lowest BCUT2D eigenvalue weighted by molar-refractivity contribution is -0.171. The van der Waals surface area contributed by atoms with E-state index in [0.29, 0.717) is 25.7 Å². The smallest absolute Gasteiger partial charge is 0.314 e. The lowest BCUT2D eigenvalue weighted by Crippen LogP contribution is -2.51. The van der Waals surface area contributed by atoms with Crippen LogP contribution in [-0.4, -0.2) is 33.5 Å². The second kappa shape index (κ2) is 9.32. The summed E-state index contributed by atoms with van der Waals surface area (Å²) >= 11 is 0. The van der Waals surface area contributed by atoms with Crippen molar-refractivity contribution >= 4 is 5.97 Å². The molecule has 0 aromatic carbocycles. The number of rotatable bonds is 11. The Labute approximate surface area is 116 Å². The van der Waals surface area contributed by atoms with Gasteiger partial charge in [-0.25, -0.2) is 0 Å². The van der Waals surface area contributed by atoms with Crippen LogP contribution >= 0.6 is 0 Å². The number of hydrogen-bond acceptors (Lipinski definition) is 3. The van der Waals surface area contributed by atoms with E-state index in [0.717, 1.165) is 25.7 Å². The van der Waals surface area contributed by atoms with E-state index in [1.165, 1.54) is 0 Å². The van der Waals surface area contributed by atoms with Crippen LogP contribution in [0.3, 0.4) is 0 Å². The first kappa shape index (κ1) is 18.4. The van der Waals surface area contributed by atoms with Crippen molar-refractivity contribution in [3.63, 3.8) is 0 Å². The first-order chi connectivity index (χ1) is 8.97. The highest BCUT2D eigenvalue weighted by atomic mass is 16.4. The molecular weight excluding hydrogens is 244 g/mol. The molecular formula is C15H30O4. The fourth-order valence-corrected chi connectivity index (χ4v) is 2.67. The van der Waals surface area contributed by atoms with Crippen LogP contribution in [0, 0.1) is 5.41 Å². The van der Waals surface area contributed by atoms with Crippen LogP contribution in [0.15, 0.2) is 0 Å². The summed E-state index contributed by atoms with van der Waals surface area (Å²) in [6, 6.07) is 0. The van der Waals surface area contributed by atoms with E-state index in [2.05, 4.69) is 0 Å². The number of carbonyl (C=O) groups is 1. The zero-order chi connectivity index (χ0) is 14.9. The van der Waals surface area contributed by atoms with Crippen molar-refractivity contribution in [3.05, 3.63) is 0 Å². The van der Waals surface area contributed by atoms with E-state index < -0.39 is 23.6 Å². The van der Waals surface area contributed by atoms with Gasteiger partial charge in [0.25, 0.3) is 0 Å². The van der Waals surface area contributed by atoms with Crippen molar-refractivity contribution in [1.82, 2.24) is 0 Å². The summed E-state index contributed by atoms with van der Waals surface area (Å²) < 4.78 is 0. The maximum Gasteiger partial charge on any atom is 0.314 e. The molecule has 0 spiro atoms. The summed E-state index contributed by atoms with van der Waals surface area (Å²) in [7, 11) is 0. The molecule has 0 aliphatic heterocycles. The van der Waals surface area contributed by atoms with Crippen molar-refractivity contribution in [1.29, 1.82) is 0 Å². The Morgan fingerprint density at radius 2 is 1.37 bits per heavy atom. The van der Waals surface area contributed by atoms with Gasteiger partial charge in [-0.15, -0.1) is 0 Å². The van der Waals surface area contributed by atoms with Crippen molar-refractivity contribution < 1.29 is 20.1 Å². The normalized spacial score (nSPS) is 17.7. The molecule has 0 aromatic heterocycles. The Balaban J connectivity index is 5.10. The van der Waals surface area contributed by atoms with Crippen molar-refractivity contribution in [2.75, 3.05) is 0 Å². The topological polar surface area (TPSA) is 77.8 Å². The molecule has 0 rings (SSSR count). The molecule has 19 heavy (non-hydrogen) atoms. The fraction of sp³-hybridized carbons (Fsp3) is 0.933. The quantitative estimate of drug-likeness (QED) is 0.541. The highest BCUT2D eigenvalue weighted by molar-refractivity contribution is 5.76. The molecule has 0 saturated heterocycles. The summed E-state index contributed by atoms with van der Waals surface area (Å²) in [6.07, 6.45) is 3.25. The predicted octanol–water partition coefficient (Wildman–Crippen LogP) is 2.96. The van der Waals surface area contributed by atoms with E-state index in [9.17, 15) is 20.1 Å². The summed E-state index contributed by atoms with van der Waals surface area (Å²) in [5, 5.41) is 30.2. The van der Waals surface area contributed by atoms with Gasteiger partial charge in [0, 0.05) is 0 Å². The first-order valence-electron chi connectivity index (χ1n) is 7.56. The lowest BCUT2D eigenvalue weighted by atomic mass is 9.70. The van der Waals surface area contributed by atoms with E-state index >= 15 is 0 Å². The Morgan fingerprint density at radius 3 is 1.63 bits per heavy atom. The number of unbranched alkanes of at least 4 members (excludes halogenated alkanes) is 2. The minimum absolute atomic E-state index is 0.318. The third kappa shape index (κ3) is 4.77. The van der Waals surface area contributed by atoms with Gasteiger partial charge in [0.05, 0.1) is 12.2 Å². The van der Waals surface area contributed by atoms with Crippen molar-refractivity contribution in [2.45, 2.75) is 84.3 Å². The molecule has 2 unspecified atom stereocenters. The minimum Gasteiger partial charge on any atom is -0.481 e. The van der Waals surface area contributed by atoms with Gasteiger partial charge in [-0.2, -0.15) is 0 Å². The largest absolute Gasteiger partial charge is 0.481 e. The van der Waals surface area contributed by atoms with E-state index in [1.807, 2.05) is 20.8 Å². The average molecular weight is 274 g/mol. The highest BCUT2D eigenvalue weighted by Crippen LogP contribution is 2.37. The SMILES string of the molecule is CCCCC(O)C(CCC)(C(=O)O)C(O)CCCC. The summed E-state index contributed by atoms with van der Waals surface area (Å²) in [4.78, 5) is 11.7. The van der Waals surface area contributed by atoms with Crippen LogP contribution < -0.4 is 0 Å². The van der Waals surface area contributed by atoms with Crippen LogP contribution in [0.1, 0.15) is 72.1 Å². The van der Waals surface area contributed by atoms with Crippen molar-refractivity contribution in [3.8, 4) is 0 Å². The Kier molecular flexibility index (Phi) is 9.02. The predicted molar refractivity (Wildman–Crippen MR) is 76.0 cm³/mol. The molecule has 0 fully saturated rings. The van der Waals surface area contributed by atoms with Crippen LogP contribution in [0.2, 0.25) is 0 Å². The number of carboxylic acids is 1. The third-order valence-corrected chi connectivity index (χ3v) is 3.91. The van der Waals surface area contributed by atoms with Crippen molar-refractivity contribution in [2.24, 2.45) is 5.41 Å². The number of aliphatic hydroxyl groups excluding tert-OH is 2. The Morgan fingerprint density at radius 1 is 0.947 bits per heavy atom. The van der Waals surface area contributed by atoms with Crippen LogP contribution in [0.25, 0.3) is 0 Å². The van der Waals surface area contributed by atoms with Crippen LogP contribution in [0.5, 0.6) is 0 Å². The molecule has 2 atom stereocenters. The third-order valence-electron chi connectivity index (χ3n) is 3.91. The molecule has 3 N–H and O–H groups in total. The lowest BCUT2D eigenvalue weighted by Gasteiger charge is -2.38. The maximum absolute atomic E-state index is 11.7. The average Bonchev–Trinajstić information content (AvgIpc) is 2.38. The van der Waals surface area contributed by atoms with Gasteiger partial charge in [-0.05, 0) is 19.3 Å². The van der Waals surface area contributed by atoms with Gasteiger partial charge in [-0.3, -0.25) is 4.79 Å². The molecule has 0 saturated carbocycles. The molecule has 4 heteroatoms. The summed E-state index contributed by atoms with van der Waals surface area (Å²) in [6.45, 7) is 5.89. The molecule has 0 aliphatic rings. The number of carboxylic acid groups (broad SMARTS) is 1. The molecule has 4 nitrogen and oxygen atoms in total. The van der Waals surface area contributed by atoms with E-state index in [4.69, 9.17) is 0 Å². The van der Waals surface area contributed by atoms with Gasteiger partial charge in [0.1, 0.15) is 5.41 Å². The van der Waals surface area contributed by atoms with Gasteiger partial charge in [-0.1, -0.05) is 52.9 Å². The molecule has 0 heterocycles. The van der Waals surface area contributed by atoms with E-state index in [1.54, 1.807) is 0 Å². The molecule has 0 bridgehead atoms. The standard InChI is InChI=1S/C15H30O4/c1-4-7-9-12(16)15(11-6-3,14(18)19)13(17)10-8-5-2/h12-13,16-17H,4-11H2,1-3H3,(H,18,19). The molecule has 0 radical (unpaired) electrons. The fourth-order valence-electron chi connectivity index (χ4n) is 2.67. The zero-order valence-electron chi connectivity index (χ0n) is 12.6. The zero-order valence-corrected chi connectivity index (χ0v) is 12.6. The van der Waals surface area contributed by atoms with Gasteiger partial charge in [0.2, 0.25) is 0 Å². The van der Waals surface area contributed by atoms with E-state index in [-0.39, 0.29) is 0 Å².